The Morgan fingerprint density at radius 2 is 1.80 bits per heavy atom. The highest BCUT2D eigenvalue weighted by Crippen LogP contribution is 2.30. The van der Waals surface area contributed by atoms with Crippen molar-refractivity contribution in [1.82, 2.24) is 9.97 Å². The van der Waals surface area contributed by atoms with Crippen LogP contribution in [0.25, 0.3) is 22.3 Å². The number of nitrogens with one attached hydrogen (secondary N) is 1. The number of fused-ring (bicyclic) bond motifs is 1. The second-order valence-electron chi connectivity index (χ2n) is 6.47. The van der Waals surface area contributed by atoms with E-state index in [1.807, 2.05) is 6.07 Å². The van der Waals surface area contributed by atoms with E-state index in [0.717, 1.165) is 0 Å². The number of hydrogen-bond acceptors (Lipinski definition) is 6. The Balaban J connectivity index is 1.70. The number of rotatable bonds is 6. The maximum absolute atomic E-state index is 12.4. The number of methoxy groups -OCH3 is 1. The quantitative estimate of drug-likeness (QED) is 0.384. The average molecular weight is 403 g/mol. The maximum Gasteiger partial charge on any atom is 0.310 e. The van der Waals surface area contributed by atoms with Crippen LogP contribution in [0.1, 0.15) is 5.56 Å². The van der Waals surface area contributed by atoms with Crippen molar-refractivity contribution >= 4 is 16.6 Å². The number of aromatic nitrogens is 2. The highest BCUT2D eigenvalue weighted by molar-refractivity contribution is 5.79. The lowest BCUT2D eigenvalue weighted by Gasteiger charge is -2.12. The molecule has 0 radical (unpaired) electrons. The number of ether oxygens (including phenoxy) is 2. The van der Waals surface area contributed by atoms with Gasteiger partial charge in [0.15, 0.2) is 5.75 Å². The fourth-order valence-corrected chi connectivity index (χ4v) is 3.15. The molecule has 150 valence electrons. The van der Waals surface area contributed by atoms with Crippen LogP contribution in [0, 0.1) is 10.1 Å². The predicted molar refractivity (Wildman–Crippen MR) is 112 cm³/mol. The van der Waals surface area contributed by atoms with Gasteiger partial charge in [-0.2, -0.15) is 0 Å². The first-order valence-electron chi connectivity index (χ1n) is 9.09. The largest absolute Gasteiger partial charge is 0.496 e. The molecule has 8 heteroatoms. The lowest BCUT2D eigenvalue weighted by atomic mass is 10.1. The maximum atomic E-state index is 12.4. The van der Waals surface area contributed by atoms with Crippen LogP contribution in [0.5, 0.6) is 11.5 Å². The topological polar surface area (TPSA) is 107 Å². The number of hydrogen-bond donors (Lipinski definition) is 1. The monoisotopic (exact) mass is 403 g/mol. The number of benzene rings is 3. The normalized spacial score (nSPS) is 10.7. The van der Waals surface area contributed by atoms with Gasteiger partial charge in [0.25, 0.3) is 5.56 Å². The van der Waals surface area contributed by atoms with E-state index >= 15 is 0 Å². The fourth-order valence-electron chi connectivity index (χ4n) is 3.15. The van der Waals surface area contributed by atoms with Gasteiger partial charge in [0, 0.05) is 17.2 Å². The minimum absolute atomic E-state index is 0.0413. The van der Waals surface area contributed by atoms with E-state index in [1.54, 1.807) is 48.5 Å². The van der Waals surface area contributed by atoms with E-state index in [1.165, 1.54) is 19.2 Å². The third-order valence-corrected chi connectivity index (χ3v) is 4.61. The molecule has 0 aliphatic rings. The number of nitrogens with zero attached hydrogens (tertiary/aromatic N) is 2. The summed E-state index contributed by atoms with van der Waals surface area (Å²) in [5.41, 5.74) is 1.56. The smallest absolute Gasteiger partial charge is 0.310 e. The van der Waals surface area contributed by atoms with Gasteiger partial charge >= 0.3 is 5.69 Å². The Morgan fingerprint density at radius 1 is 1.03 bits per heavy atom. The van der Waals surface area contributed by atoms with Gasteiger partial charge < -0.3 is 14.5 Å². The van der Waals surface area contributed by atoms with E-state index in [9.17, 15) is 14.9 Å². The van der Waals surface area contributed by atoms with Crippen molar-refractivity contribution in [3.05, 3.63) is 92.8 Å². The van der Waals surface area contributed by atoms with Gasteiger partial charge in [-0.3, -0.25) is 14.9 Å². The third-order valence-electron chi connectivity index (χ3n) is 4.61. The zero-order valence-corrected chi connectivity index (χ0v) is 16.0. The minimum Gasteiger partial charge on any atom is -0.496 e. The van der Waals surface area contributed by atoms with Crippen molar-refractivity contribution in [2.24, 2.45) is 0 Å². The van der Waals surface area contributed by atoms with Crippen molar-refractivity contribution < 1.29 is 14.4 Å². The molecule has 0 spiro atoms. The molecule has 0 saturated carbocycles. The summed E-state index contributed by atoms with van der Waals surface area (Å²) in [4.78, 5) is 30.4. The molecule has 0 amide bonds. The van der Waals surface area contributed by atoms with Gasteiger partial charge in [-0.25, -0.2) is 4.98 Å². The fraction of sp³-hybridized carbons (Fsp3) is 0.0909. The van der Waals surface area contributed by atoms with Crippen LogP contribution in [0.2, 0.25) is 0 Å². The molecule has 0 saturated heterocycles. The summed E-state index contributed by atoms with van der Waals surface area (Å²) in [7, 11) is 1.53. The van der Waals surface area contributed by atoms with Crippen LogP contribution in [0.4, 0.5) is 5.69 Å². The van der Waals surface area contributed by atoms with Crippen molar-refractivity contribution in [2.75, 3.05) is 7.11 Å². The van der Waals surface area contributed by atoms with Gasteiger partial charge in [0.2, 0.25) is 0 Å². The van der Waals surface area contributed by atoms with Gasteiger partial charge in [-0.05, 0) is 36.4 Å². The zero-order valence-electron chi connectivity index (χ0n) is 16.0. The van der Waals surface area contributed by atoms with Crippen LogP contribution < -0.4 is 15.0 Å². The molecule has 0 fully saturated rings. The SMILES string of the molecule is COc1ccc(-c2nc3ccccc3c(=O)[nH]2)cc1COc1ccccc1[N+](=O)[O-]. The molecule has 30 heavy (non-hydrogen) atoms. The summed E-state index contributed by atoms with van der Waals surface area (Å²) in [6.07, 6.45) is 0. The number of nitro benzene ring substituents is 1. The molecule has 0 atom stereocenters. The lowest BCUT2D eigenvalue weighted by Crippen LogP contribution is -2.09. The molecule has 4 aromatic rings. The zero-order chi connectivity index (χ0) is 21.1. The first kappa shape index (κ1) is 19.1. The lowest BCUT2D eigenvalue weighted by molar-refractivity contribution is -0.385. The molecule has 0 bridgehead atoms. The van der Waals surface area contributed by atoms with E-state index in [4.69, 9.17) is 9.47 Å². The summed E-state index contributed by atoms with van der Waals surface area (Å²) in [5, 5.41) is 11.7. The highest BCUT2D eigenvalue weighted by Gasteiger charge is 2.15. The average Bonchev–Trinajstić information content (AvgIpc) is 2.77. The van der Waals surface area contributed by atoms with Gasteiger partial charge in [-0.1, -0.05) is 24.3 Å². The molecule has 8 nitrogen and oxygen atoms in total. The van der Waals surface area contributed by atoms with Crippen molar-refractivity contribution in [1.29, 1.82) is 0 Å². The van der Waals surface area contributed by atoms with E-state index in [-0.39, 0.29) is 23.6 Å². The van der Waals surface area contributed by atoms with Crippen molar-refractivity contribution in [3.8, 4) is 22.9 Å². The van der Waals surface area contributed by atoms with Crippen molar-refractivity contribution in [3.63, 3.8) is 0 Å². The molecule has 4 rings (SSSR count). The molecular formula is C22H17N3O5. The van der Waals surface area contributed by atoms with Gasteiger partial charge in [0.05, 0.1) is 22.9 Å². The van der Waals surface area contributed by atoms with Crippen LogP contribution in [-0.2, 0) is 6.61 Å². The van der Waals surface area contributed by atoms with Gasteiger partial charge in [0.1, 0.15) is 18.2 Å². The number of H-pyrrole nitrogens is 1. The second kappa shape index (κ2) is 8.04. The summed E-state index contributed by atoms with van der Waals surface area (Å²) < 4.78 is 11.1. The third kappa shape index (κ3) is 3.70. The second-order valence-corrected chi connectivity index (χ2v) is 6.47. The Morgan fingerprint density at radius 3 is 2.60 bits per heavy atom. The number of para-hydroxylation sites is 3. The molecular weight excluding hydrogens is 386 g/mol. The Hall–Kier alpha value is -4.20. The van der Waals surface area contributed by atoms with E-state index < -0.39 is 4.92 Å². The first-order valence-corrected chi connectivity index (χ1v) is 9.09. The summed E-state index contributed by atoms with van der Waals surface area (Å²) in [6.45, 7) is 0.0413. The van der Waals surface area contributed by atoms with Gasteiger partial charge in [-0.15, -0.1) is 0 Å². The molecule has 0 unspecified atom stereocenters. The van der Waals surface area contributed by atoms with Crippen LogP contribution in [-0.4, -0.2) is 22.0 Å². The molecule has 1 N–H and O–H groups in total. The summed E-state index contributed by atoms with van der Waals surface area (Å²) in [5.74, 6) is 1.13. The predicted octanol–water partition coefficient (Wildman–Crippen LogP) is 4.09. The molecule has 0 aliphatic carbocycles. The van der Waals surface area contributed by atoms with Crippen LogP contribution in [0.15, 0.2) is 71.5 Å². The van der Waals surface area contributed by atoms with E-state index in [0.29, 0.717) is 33.6 Å². The molecule has 1 aromatic heterocycles. The molecule has 1 heterocycles. The standard InChI is InChI=1S/C22H17N3O5/c1-29-19-11-10-14(21-23-17-7-3-2-6-16(17)22(26)24-21)12-15(19)13-30-20-9-5-4-8-18(20)25(27)28/h2-12H,13H2,1H3,(H,23,24,26). The first-order chi connectivity index (χ1) is 14.6. The highest BCUT2D eigenvalue weighted by atomic mass is 16.6. The Kier molecular flexibility index (Phi) is 5.13. The number of nitro groups is 1. The Labute approximate surface area is 170 Å². The molecule has 3 aromatic carbocycles. The number of aromatic amines is 1. The Bertz CT molecular complexity index is 1300. The molecule has 0 aliphatic heterocycles. The van der Waals surface area contributed by atoms with Crippen LogP contribution >= 0.6 is 0 Å². The van der Waals surface area contributed by atoms with E-state index in [2.05, 4.69) is 9.97 Å². The van der Waals surface area contributed by atoms with Crippen molar-refractivity contribution in [2.45, 2.75) is 6.61 Å². The minimum atomic E-state index is -0.493. The summed E-state index contributed by atoms with van der Waals surface area (Å²) in [6, 6.07) is 18.5. The summed E-state index contributed by atoms with van der Waals surface area (Å²) >= 11 is 0. The van der Waals surface area contributed by atoms with Crippen LogP contribution in [0.3, 0.4) is 0 Å².